The van der Waals surface area contributed by atoms with E-state index in [1.165, 1.54) is 0 Å². The summed E-state index contributed by atoms with van der Waals surface area (Å²) in [6.07, 6.45) is 0. The Morgan fingerprint density at radius 2 is 1.55 bits per heavy atom. The molecule has 20 heavy (non-hydrogen) atoms. The first kappa shape index (κ1) is 11.0. The van der Waals surface area contributed by atoms with Crippen LogP contribution in [0.15, 0.2) is 42.5 Å². The molecule has 2 aromatic rings. The zero-order valence-corrected chi connectivity index (χ0v) is 10.3. The Morgan fingerprint density at radius 3 is 2.25 bits per heavy atom. The van der Waals surface area contributed by atoms with Crippen molar-refractivity contribution in [1.29, 1.82) is 0 Å². The van der Waals surface area contributed by atoms with Gasteiger partial charge in [0.1, 0.15) is 0 Å². The third-order valence-corrected chi connectivity index (χ3v) is 3.41. The summed E-state index contributed by atoms with van der Waals surface area (Å²) in [5.41, 5.74) is 1.24. The van der Waals surface area contributed by atoms with Crippen LogP contribution in [0.3, 0.4) is 0 Å². The summed E-state index contributed by atoms with van der Waals surface area (Å²) in [5, 5.41) is 0. The topological polar surface area (TPSA) is 55.8 Å². The quantitative estimate of drug-likeness (QED) is 0.743. The van der Waals surface area contributed by atoms with Crippen LogP contribution in [-0.2, 0) is 0 Å². The molecule has 0 atom stereocenters. The average molecular weight is 267 g/mol. The first-order chi connectivity index (χ1) is 9.77. The molecule has 2 aliphatic heterocycles. The number of nitrogens with zero attached hydrogens (tertiary/aromatic N) is 1. The second-order valence-electron chi connectivity index (χ2n) is 4.50. The van der Waals surface area contributed by atoms with Crippen molar-refractivity contribution in [3.8, 4) is 11.5 Å². The zero-order chi connectivity index (χ0) is 13.7. The summed E-state index contributed by atoms with van der Waals surface area (Å²) < 4.78 is 10.6. The predicted octanol–water partition coefficient (Wildman–Crippen LogP) is 2.22. The van der Waals surface area contributed by atoms with E-state index in [2.05, 4.69) is 0 Å². The van der Waals surface area contributed by atoms with Gasteiger partial charge in [-0.15, -0.1) is 0 Å². The number of carbonyl (C=O) groups is 2. The zero-order valence-electron chi connectivity index (χ0n) is 10.3. The molecule has 98 valence electrons. The Bertz CT molecular complexity index is 718. The van der Waals surface area contributed by atoms with Gasteiger partial charge in [0.25, 0.3) is 11.8 Å². The number of hydrogen-bond donors (Lipinski definition) is 0. The number of ether oxygens (including phenoxy) is 2. The number of hydrogen-bond acceptors (Lipinski definition) is 4. The first-order valence-corrected chi connectivity index (χ1v) is 6.14. The fourth-order valence-electron chi connectivity index (χ4n) is 2.50. The monoisotopic (exact) mass is 267 g/mol. The summed E-state index contributed by atoms with van der Waals surface area (Å²) in [7, 11) is 0. The van der Waals surface area contributed by atoms with E-state index < -0.39 is 0 Å². The fraction of sp³-hybridized carbons (Fsp3) is 0.0667. The van der Waals surface area contributed by atoms with Gasteiger partial charge in [-0.1, -0.05) is 18.2 Å². The van der Waals surface area contributed by atoms with E-state index in [0.29, 0.717) is 28.3 Å². The third kappa shape index (κ3) is 1.31. The van der Waals surface area contributed by atoms with E-state index in [9.17, 15) is 9.59 Å². The lowest BCUT2D eigenvalue weighted by Crippen LogP contribution is -2.29. The van der Waals surface area contributed by atoms with Gasteiger partial charge in [-0.2, -0.15) is 0 Å². The highest BCUT2D eigenvalue weighted by Crippen LogP contribution is 2.43. The van der Waals surface area contributed by atoms with Gasteiger partial charge in [-0.25, -0.2) is 4.90 Å². The van der Waals surface area contributed by atoms with Crippen LogP contribution in [0.1, 0.15) is 20.7 Å². The second kappa shape index (κ2) is 3.84. The molecule has 0 saturated carbocycles. The smallest absolute Gasteiger partial charge is 0.266 e. The van der Waals surface area contributed by atoms with Crippen molar-refractivity contribution in [2.24, 2.45) is 0 Å². The normalized spacial score (nSPS) is 15.7. The Balaban J connectivity index is 1.88. The molecule has 2 amide bonds. The van der Waals surface area contributed by atoms with Crippen LogP contribution >= 0.6 is 0 Å². The molecule has 2 aliphatic rings. The molecule has 0 aromatic heterocycles. The molecule has 2 heterocycles. The predicted molar refractivity (Wildman–Crippen MR) is 70.1 cm³/mol. The number of benzene rings is 2. The average Bonchev–Trinajstić information content (AvgIpc) is 3.04. The number of rotatable bonds is 1. The van der Waals surface area contributed by atoms with Crippen molar-refractivity contribution < 1.29 is 19.1 Å². The molecule has 0 aliphatic carbocycles. The first-order valence-electron chi connectivity index (χ1n) is 6.14. The molecule has 0 saturated heterocycles. The van der Waals surface area contributed by atoms with E-state index in [0.717, 1.165) is 4.90 Å². The van der Waals surface area contributed by atoms with Crippen LogP contribution in [-0.4, -0.2) is 18.6 Å². The number of amides is 2. The van der Waals surface area contributed by atoms with Gasteiger partial charge in [-0.3, -0.25) is 9.59 Å². The molecule has 2 aromatic carbocycles. The summed E-state index contributed by atoms with van der Waals surface area (Å²) in [5.74, 6) is 0.296. The summed E-state index contributed by atoms with van der Waals surface area (Å²) in [6.45, 7) is 0.0928. The summed E-state index contributed by atoms with van der Waals surface area (Å²) >= 11 is 0. The Labute approximate surface area is 114 Å². The molecule has 0 bridgehead atoms. The van der Waals surface area contributed by atoms with Crippen molar-refractivity contribution in [3.05, 3.63) is 53.6 Å². The van der Waals surface area contributed by atoms with Crippen molar-refractivity contribution in [2.75, 3.05) is 11.7 Å². The highest BCUT2D eigenvalue weighted by Gasteiger charge is 2.38. The minimum Gasteiger partial charge on any atom is -0.454 e. The van der Waals surface area contributed by atoms with Crippen LogP contribution in [0.5, 0.6) is 11.5 Å². The number of para-hydroxylation sites is 1. The molecule has 0 fully saturated rings. The Morgan fingerprint density at radius 1 is 0.850 bits per heavy atom. The number of carbonyl (C=O) groups excluding carboxylic acids is 2. The third-order valence-electron chi connectivity index (χ3n) is 3.41. The molecule has 5 nitrogen and oxygen atoms in total. The highest BCUT2D eigenvalue weighted by molar-refractivity contribution is 6.34. The van der Waals surface area contributed by atoms with Gasteiger partial charge in [0.2, 0.25) is 6.79 Å². The van der Waals surface area contributed by atoms with Crippen molar-refractivity contribution >= 4 is 17.5 Å². The lowest BCUT2D eigenvalue weighted by molar-refractivity contribution is 0.0924. The van der Waals surface area contributed by atoms with Gasteiger partial charge < -0.3 is 9.47 Å². The van der Waals surface area contributed by atoms with Gasteiger partial charge in [-0.05, 0) is 24.3 Å². The van der Waals surface area contributed by atoms with Gasteiger partial charge in [0.05, 0.1) is 16.8 Å². The van der Waals surface area contributed by atoms with Crippen LogP contribution < -0.4 is 14.4 Å². The molecule has 5 heteroatoms. The molecule has 0 N–H and O–H groups in total. The largest absolute Gasteiger partial charge is 0.454 e. The van der Waals surface area contributed by atoms with Crippen LogP contribution in [0.4, 0.5) is 5.69 Å². The van der Waals surface area contributed by atoms with Crippen LogP contribution in [0.25, 0.3) is 0 Å². The highest BCUT2D eigenvalue weighted by atomic mass is 16.7. The molecule has 0 unspecified atom stereocenters. The van der Waals surface area contributed by atoms with E-state index in [1.807, 2.05) is 0 Å². The summed E-state index contributed by atoms with van der Waals surface area (Å²) in [4.78, 5) is 26.0. The molecule has 4 rings (SSSR count). The van der Waals surface area contributed by atoms with E-state index >= 15 is 0 Å². The van der Waals surface area contributed by atoms with Gasteiger partial charge >= 0.3 is 0 Å². The fourth-order valence-corrected chi connectivity index (χ4v) is 2.50. The van der Waals surface area contributed by atoms with Gasteiger partial charge in [0, 0.05) is 0 Å². The Hall–Kier alpha value is -2.82. The number of fused-ring (bicyclic) bond motifs is 2. The van der Waals surface area contributed by atoms with E-state index in [1.54, 1.807) is 42.5 Å². The molecular formula is C15H9NO4. The molecular weight excluding hydrogens is 258 g/mol. The molecule has 0 spiro atoms. The SMILES string of the molecule is O=C1c2ccccc2C(=O)N1c1cccc2c1OCO2. The maximum absolute atomic E-state index is 12.4. The maximum Gasteiger partial charge on any atom is 0.266 e. The number of imide groups is 1. The van der Waals surface area contributed by atoms with Crippen molar-refractivity contribution in [1.82, 2.24) is 0 Å². The van der Waals surface area contributed by atoms with E-state index in [4.69, 9.17) is 9.47 Å². The standard InChI is InChI=1S/C15H9NO4/c17-14-9-4-1-2-5-10(9)15(18)16(14)11-6-3-7-12-13(11)20-8-19-12/h1-7H,8H2. The van der Waals surface area contributed by atoms with Crippen LogP contribution in [0.2, 0.25) is 0 Å². The number of anilines is 1. The van der Waals surface area contributed by atoms with Crippen LogP contribution in [0, 0.1) is 0 Å². The van der Waals surface area contributed by atoms with Crippen molar-refractivity contribution in [2.45, 2.75) is 0 Å². The van der Waals surface area contributed by atoms with E-state index in [-0.39, 0.29) is 18.6 Å². The minimum absolute atomic E-state index is 0.0928. The minimum atomic E-state index is -0.338. The lowest BCUT2D eigenvalue weighted by atomic mass is 10.1. The second-order valence-corrected chi connectivity index (χ2v) is 4.50. The van der Waals surface area contributed by atoms with Gasteiger partial charge in [0.15, 0.2) is 11.5 Å². The maximum atomic E-state index is 12.4. The molecule has 0 radical (unpaired) electrons. The lowest BCUT2D eigenvalue weighted by Gasteiger charge is -2.15. The summed E-state index contributed by atoms with van der Waals surface area (Å²) in [6, 6.07) is 11.9. The Kier molecular flexibility index (Phi) is 2.12. The van der Waals surface area contributed by atoms with Crippen molar-refractivity contribution in [3.63, 3.8) is 0 Å².